The zero-order valence-corrected chi connectivity index (χ0v) is 17.5. The van der Waals surface area contributed by atoms with Crippen LogP contribution < -0.4 is 10.2 Å². The molecule has 1 aromatic heterocycles. The summed E-state index contributed by atoms with van der Waals surface area (Å²) >= 11 is 2.76. The molecule has 2 amide bonds. The number of rotatable bonds is 3. The highest BCUT2D eigenvalue weighted by Gasteiger charge is 2.49. The van der Waals surface area contributed by atoms with E-state index in [0.29, 0.717) is 17.1 Å². The van der Waals surface area contributed by atoms with Crippen molar-refractivity contribution >= 4 is 45.6 Å². The standard InChI is InChI=1S/C21H21N3O2S2/c1-3-24-15-9-5-7-11-17(15)28-21(2,20(24)26)19(25)23-18-14(12-22)13-8-4-6-10-16(13)27-18/h5,7,9,11H,3-4,6,8,10H2,1-2H3,(H,23,25). The van der Waals surface area contributed by atoms with Gasteiger partial charge in [-0.15, -0.1) is 11.3 Å². The van der Waals surface area contributed by atoms with Crippen LogP contribution in [0.4, 0.5) is 10.7 Å². The van der Waals surface area contributed by atoms with Crippen LogP contribution in [0.5, 0.6) is 0 Å². The fourth-order valence-electron chi connectivity index (χ4n) is 3.85. The van der Waals surface area contributed by atoms with Gasteiger partial charge in [0.25, 0.3) is 11.8 Å². The van der Waals surface area contributed by atoms with E-state index >= 15 is 0 Å². The fourth-order valence-corrected chi connectivity index (χ4v) is 6.29. The van der Waals surface area contributed by atoms with Gasteiger partial charge in [-0.3, -0.25) is 9.59 Å². The van der Waals surface area contributed by atoms with Crippen LogP contribution in [0, 0.1) is 11.3 Å². The molecule has 28 heavy (non-hydrogen) atoms. The number of anilines is 2. The van der Waals surface area contributed by atoms with Gasteiger partial charge in [0.2, 0.25) is 0 Å². The Hall–Kier alpha value is -2.30. The summed E-state index contributed by atoms with van der Waals surface area (Å²) in [6, 6.07) is 9.91. The molecule has 0 saturated carbocycles. The molecule has 0 saturated heterocycles. The normalized spacial score (nSPS) is 20.9. The zero-order chi connectivity index (χ0) is 19.9. The number of nitrogens with one attached hydrogen (secondary N) is 1. The monoisotopic (exact) mass is 411 g/mol. The van der Waals surface area contributed by atoms with Crippen molar-refractivity contribution < 1.29 is 9.59 Å². The van der Waals surface area contributed by atoms with Gasteiger partial charge >= 0.3 is 0 Å². The maximum absolute atomic E-state index is 13.3. The van der Waals surface area contributed by atoms with Crippen molar-refractivity contribution in [2.45, 2.75) is 49.2 Å². The van der Waals surface area contributed by atoms with Gasteiger partial charge < -0.3 is 10.2 Å². The Balaban J connectivity index is 1.68. The number of carbonyl (C=O) groups excluding carboxylic acids is 2. The van der Waals surface area contributed by atoms with E-state index in [0.717, 1.165) is 41.8 Å². The third-order valence-corrected chi connectivity index (χ3v) is 7.92. The molecular formula is C21H21N3O2S2. The minimum Gasteiger partial charge on any atom is -0.315 e. The number of fused-ring (bicyclic) bond motifs is 2. The Morgan fingerprint density at radius 1 is 1.32 bits per heavy atom. The highest BCUT2D eigenvalue weighted by Crippen LogP contribution is 2.46. The molecule has 1 aromatic carbocycles. The number of hydrogen-bond acceptors (Lipinski definition) is 5. The second-order valence-corrected chi connectivity index (χ2v) is 9.70. The van der Waals surface area contributed by atoms with Gasteiger partial charge in [0, 0.05) is 16.3 Å². The number of thiophene rings is 1. The molecule has 2 aliphatic rings. The Morgan fingerprint density at radius 3 is 2.82 bits per heavy atom. The summed E-state index contributed by atoms with van der Waals surface area (Å²) in [5.41, 5.74) is 2.48. The van der Waals surface area contributed by atoms with E-state index in [1.165, 1.54) is 28.0 Å². The molecule has 1 unspecified atom stereocenters. The van der Waals surface area contributed by atoms with Crippen LogP contribution in [0.2, 0.25) is 0 Å². The number of benzene rings is 1. The first-order chi connectivity index (χ1) is 13.5. The van der Waals surface area contributed by atoms with Crippen LogP contribution in [0.25, 0.3) is 0 Å². The molecule has 2 heterocycles. The number of amides is 2. The number of nitriles is 1. The minimum atomic E-state index is -1.28. The zero-order valence-electron chi connectivity index (χ0n) is 15.9. The highest BCUT2D eigenvalue weighted by molar-refractivity contribution is 8.02. The molecular weight excluding hydrogens is 390 g/mol. The summed E-state index contributed by atoms with van der Waals surface area (Å²) in [4.78, 5) is 30.2. The van der Waals surface area contributed by atoms with Gasteiger partial charge in [0.05, 0.1) is 11.3 Å². The first-order valence-electron chi connectivity index (χ1n) is 9.45. The number of para-hydroxylation sites is 1. The molecule has 0 spiro atoms. The van der Waals surface area contributed by atoms with Crippen LogP contribution in [0.15, 0.2) is 29.2 Å². The summed E-state index contributed by atoms with van der Waals surface area (Å²) in [5.74, 6) is -0.596. The summed E-state index contributed by atoms with van der Waals surface area (Å²) < 4.78 is -1.28. The molecule has 1 atom stereocenters. The number of nitrogens with zero attached hydrogens (tertiary/aromatic N) is 2. The summed E-state index contributed by atoms with van der Waals surface area (Å²) in [6.07, 6.45) is 4.01. The largest absolute Gasteiger partial charge is 0.315 e. The minimum absolute atomic E-state index is 0.226. The van der Waals surface area contributed by atoms with Gasteiger partial charge in [0.1, 0.15) is 11.1 Å². The molecule has 1 aliphatic heterocycles. The molecule has 5 nitrogen and oxygen atoms in total. The van der Waals surface area contributed by atoms with E-state index in [4.69, 9.17) is 0 Å². The third-order valence-electron chi connectivity index (χ3n) is 5.38. The van der Waals surface area contributed by atoms with Crippen LogP contribution in [-0.2, 0) is 22.4 Å². The van der Waals surface area contributed by atoms with E-state index in [1.54, 1.807) is 11.8 Å². The first kappa shape index (κ1) is 19.0. The van der Waals surface area contributed by atoms with Gasteiger partial charge in [-0.05, 0) is 57.2 Å². The van der Waals surface area contributed by atoms with E-state index in [9.17, 15) is 14.9 Å². The number of carbonyl (C=O) groups is 2. The lowest BCUT2D eigenvalue weighted by molar-refractivity contribution is -0.128. The van der Waals surface area contributed by atoms with Crippen molar-refractivity contribution in [3.05, 3.63) is 40.3 Å². The number of aryl methyl sites for hydroxylation is 1. The predicted molar refractivity (Wildman–Crippen MR) is 113 cm³/mol. The maximum Gasteiger partial charge on any atom is 0.252 e. The van der Waals surface area contributed by atoms with Crippen LogP contribution in [0.1, 0.15) is 42.7 Å². The molecule has 144 valence electrons. The molecule has 4 rings (SSSR count). The van der Waals surface area contributed by atoms with E-state index in [1.807, 2.05) is 31.2 Å². The fraction of sp³-hybridized carbons (Fsp3) is 0.381. The first-order valence-corrected chi connectivity index (χ1v) is 11.1. The highest BCUT2D eigenvalue weighted by atomic mass is 32.2. The van der Waals surface area contributed by atoms with Crippen LogP contribution >= 0.6 is 23.1 Å². The van der Waals surface area contributed by atoms with Crippen molar-refractivity contribution in [1.29, 1.82) is 5.26 Å². The molecule has 0 radical (unpaired) electrons. The van der Waals surface area contributed by atoms with Crippen LogP contribution in [0.3, 0.4) is 0 Å². The van der Waals surface area contributed by atoms with Gasteiger partial charge in [0.15, 0.2) is 4.75 Å². The Bertz CT molecular complexity index is 1010. The average Bonchev–Trinajstić information content (AvgIpc) is 3.06. The van der Waals surface area contributed by atoms with E-state index < -0.39 is 4.75 Å². The lowest BCUT2D eigenvalue weighted by Gasteiger charge is -2.38. The quantitative estimate of drug-likeness (QED) is 0.762. The lowest BCUT2D eigenvalue weighted by atomic mass is 9.96. The maximum atomic E-state index is 13.3. The van der Waals surface area contributed by atoms with E-state index in [-0.39, 0.29) is 11.8 Å². The average molecular weight is 412 g/mol. The predicted octanol–water partition coefficient (Wildman–Crippen LogP) is 4.35. The SMILES string of the molecule is CCN1C(=O)C(C)(C(=O)Nc2sc3c(c2C#N)CCCC3)Sc2ccccc21. The molecule has 7 heteroatoms. The van der Waals surface area contributed by atoms with Crippen LogP contribution in [-0.4, -0.2) is 23.1 Å². The Morgan fingerprint density at radius 2 is 2.07 bits per heavy atom. The molecule has 2 aromatic rings. The summed E-state index contributed by atoms with van der Waals surface area (Å²) in [5, 5.41) is 13.1. The second kappa shape index (κ2) is 7.26. The summed E-state index contributed by atoms with van der Waals surface area (Å²) in [7, 11) is 0. The van der Waals surface area contributed by atoms with Crippen molar-refractivity contribution in [1.82, 2.24) is 0 Å². The van der Waals surface area contributed by atoms with Crippen molar-refractivity contribution in [2.75, 3.05) is 16.8 Å². The number of hydrogen-bond donors (Lipinski definition) is 1. The lowest BCUT2D eigenvalue weighted by Crippen LogP contribution is -2.54. The summed E-state index contributed by atoms with van der Waals surface area (Å²) in [6.45, 7) is 4.08. The van der Waals surface area contributed by atoms with Crippen molar-refractivity contribution in [2.24, 2.45) is 0 Å². The molecule has 0 fully saturated rings. The molecule has 1 aliphatic carbocycles. The van der Waals surface area contributed by atoms with Gasteiger partial charge in [-0.25, -0.2) is 0 Å². The second-order valence-electron chi connectivity index (χ2n) is 7.13. The molecule has 1 N–H and O–H groups in total. The topological polar surface area (TPSA) is 73.2 Å². The van der Waals surface area contributed by atoms with Gasteiger partial charge in [-0.2, -0.15) is 5.26 Å². The Labute approximate surface area is 172 Å². The Kier molecular flexibility index (Phi) is 4.94. The molecule has 0 bridgehead atoms. The number of thioether (sulfide) groups is 1. The van der Waals surface area contributed by atoms with E-state index in [2.05, 4.69) is 11.4 Å². The third kappa shape index (κ3) is 2.92. The van der Waals surface area contributed by atoms with Crippen molar-refractivity contribution in [3.63, 3.8) is 0 Å². The van der Waals surface area contributed by atoms with Crippen molar-refractivity contribution in [3.8, 4) is 6.07 Å². The van der Waals surface area contributed by atoms with Gasteiger partial charge in [-0.1, -0.05) is 23.9 Å². The smallest absolute Gasteiger partial charge is 0.252 e.